The Morgan fingerprint density at radius 3 is 2.73 bits per heavy atom. The van der Waals surface area contributed by atoms with Crippen LogP contribution < -0.4 is 4.90 Å². The maximum atomic E-state index is 13.0. The van der Waals surface area contributed by atoms with E-state index in [1.54, 1.807) is 47.4 Å². The van der Waals surface area contributed by atoms with Crippen molar-refractivity contribution in [2.45, 2.75) is 19.9 Å². The summed E-state index contributed by atoms with van der Waals surface area (Å²) in [6, 6.07) is 10.7. The van der Waals surface area contributed by atoms with Crippen molar-refractivity contribution in [3.8, 4) is 0 Å². The maximum Gasteiger partial charge on any atom is 0.338 e. The number of amides is 1. The molecular formula is C19H17N3O3S. The number of aryl methyl sites for hydroxylation is 1. The van der Waals surface area contributed by atoms with Crippen LogP contribution >= 0.6 is 11.3 Å². The highest BCUT2D eigenvalue weighted by molar-refractivity contribution is 7.10. The fourth-order valence-corrected chi connectivity index (χ4v) is 4.07. The van der Waals surface area contributed by atoms with Crippen molar-refractivity contribution >= 4 is 28.9 Å². The number of nitrogens with zero attached hydrogens (tertiary/aromatic N) is 2. The van der Waals surface area contributed by atoms with Crippen LogP contribution in [0, 0.1) is 6.92 Å². The number of ether oxygens (including phenoxy) is 1. The van der Waals surface area contributed by atoms with E-state index < -0.39 is 0 Å². The lowest BCUT2D eigenvalue weighted by molar-refractivity contribution is 0.0526. The van der Waals surface area contributed by atoms with Gasteiger partial charge in [0.25, 0.3) is 5.91 Å². The van der Waals surface area contributed by atoms with Gasteiger partial charge in [0, 0.05) is 21.8 Å². The first kappa shape index (κ1) is 16.5. The van der Waals surface area contributed by atoms with Crippen LogP contribution in [0.1, 0.15) is 49.9 Å². The predicted molar refractivity (Wildman–Crippen MR) is 98.7 cm³/mol. The summed E-state index contributed by atoms with van der Waals surface area (Å²) in [5.74, 6) is -0.516. The Hall–Kier alpha value is -2.93. The SMILES string of the molecule is CCOC(=O)c1ccc(N2C(=O)c3n[nH]c(C)c3[C@H]2c2cccs2)cc1. The molecule has 3 heterocycles. The molecule has 1 amide bonds. The van der Waals surface area contributed by atoms with Crippen LogP contribution in [0.15, 0.2) is 41.8 Å². The number of thiophene rings is 1. The minimum atomic E-state index is -0.370. The summed E-state index contributed by atoms with van der Waals surface area (Å²) in [4.78, 5) is 27.7. The molecule has 1 aliphatic rings. The van der Waals surface area contributed by atoms with Gasteiger partial charge in [0.1, 0.15) is 6.04 Å². The number of nitrogens with one attached hydrogen (secondary N) is 1. The highest BCUT2D eigenvalue weighted by Gasteiger charge is 2.42. The Labute approximate surface area is 154 Å². The molecule has 4 rings (SSSR count). The molecule has 6 nitrogen and oxygen atoms in total. The zero-order valence-corrected chi connectivity index (χ0v) is 15.2. The van der Waals surface area contributed by atoms with Gasteiger partial charge in [-0.25, -0.2) is 4.79 Å². The fraction of sp³-hybridized carbons (Fsp3) is 0.211. The van der Waals surface area contributed by atoms with E-state index in [2.05, 4.69) is 10.2 Å². The molecule has 2 aromatic heterocycles. The molecule has 1 aliphatic heterocycles. The van der Waals surface area contributed by atoms with Gasteiger partial charge < -0.3 is 4.74 Å². The highest BCUT2D eigenvalue weighted by Crippen LogP contribution is 2.43. The van der Waals surface area contributed by atoms with Gasteiger partial charge in [-0.05, 0) is 49.6 Å². The number of H-pyrrole nitrogens is 1. The Kier molecular flexibility index (Phi) is 4.08. The van der Waals surface area contributed by atoms with E-state index in [0.29, 0.717) is 17.9 Å². The van der Waals surface area contributed by atoms with Crippen LogP contribution in [0.5, 0.6) is 0 Å². The molecule has 1 N–H and O–H groups in total. The average Bonchev–Trinajstić information content (AvgIpc) is 3.35. The van der Waals surface area contributed by atoms with Crippen molar-refractivity contribution in [3.63, 3.8) is 0 Å². The average molecular weight is 367 g/mol. The zero-order chi connectivity index (χ0) is 18.3. The molecule has 3 aromatic rings. The summed E-state index contributed by atoms with van der Waals surface area (Å²) in [5, 5.41) is 9.11. The molecule has 7 heteroatoms. The number of aromatic amines is 1. The fourth-order valence-electron chi connectivity index (χ4n) is 3.25. The molecule has 0 aliphatic carbocycles. The van der Waals surface area contributed by atoms with E-state index in [0.717, 1.165) is 21.8 Å². The van der Waals surface area contributed by atoms with Crippen molar-refractivity contribution in [1.82, 2.24) is 10.2 Å². The van der Waals surface area contributed by atoms with Gasteiger partial charge >= 0.3 is 5.97 Å². The second kappa shape index (κ2) is 6.42. The van der Waals surface area contributed by atoms with Gasteiger partial charge in [-0.1, -0.05) is 6.07 Å². The van der Waals surface area contributed by atoms with Gasteiger partial charge in [0.05, 0.1) is 12.2 Å². The molecule has 1 atom stereocenters. The molecule has 0 radical (unpaired) electrons. The maximum absolute atomic E-state index is 13.0. The van der Waals surface area contributed by atoms with Crippen LogP contribution in [0.4, 0.5) is 5.69 Å². The highest BCUT2D eigenvalue weighted by atomic mass is 32.1. The van der Waals surface area contributed by atoms with Gasteiger partial charge in [-0.15, -0.1) is 11.3 Å². The number of fused-ring (bicyclic) bond motifs is 1. The summed E-state index contributed by atoms with van der Waals surface area (Å²) >= 11 is 1.60. The Bertz CT molecular complexity index is 961. The largest absolute Gasteiger partial charge is 0.462 e. The lowest BCUT2D eigenvalue weighted by atomic mass is 10.1. The summed E-state index contributed by atoms with van der Waals surface area (Å²) < 4.78 is 5.02. The standard InChI is InChI=1S/C19H17N3O3S/c1-3-25-19(24)12-6-8-13(9-7-12)22-17(14-5-4-10-26-14)15-11(2)20-21-16(15)18(22)23/h4-10,17H,3H2,1-2H3,(H,20,21)/t17-/m1/s1. The van der Waals surface area contributed by atoms with Crippen molar-refractivity contribution in [2.75, 3.05) is 11.5 Å². The van der Waals surface area contributed by atoms with Crippen molar-refractivity contribution in [3.05, 3.63) is 69.2 Å². The lowest BCUT2D eigenvalue weighted by Crippen LogP contribution is -2.29. The lowest BCUT2D eigenvalue weighted by Gasteiger charge is -2.25. The smallest absolute Gasteiger partial charge is 0.338 e. The number of carbonyl (C=O) groups is 2. The normalized spacial score (nSPS) is 16.0. The van der Waals surface area contributed by atoms with E-state index in [1.165, 1.54) is 0 Å². The molecule has 1 aromatic carbocycles. The zero-order valence-electron chi connectivity index (χ0n) is 14.4. The van der Waals surface area contributed by atoms with Crippen molar-refractivity contribution < 1.29 is 14.3 Å². The number of anilines is 1. The number of rotatable bonds is 4. The molecule has 0 bridgehead atoms. The predicted octanol–water partition coefficient (Wildman–Crippen LogP) is 3.71. The van der Waals surface area contributed by atoms with Crippen molar-refractivity contribution in [1.29, 1.82) is 0 Å². The third-order valence-corrected chi connectivity index (χ3v) is 5.34. The van der Waals surface area contributed by atoms with Crippen LogP contribution in [-0.2, 0) is 4.74 Å². The Morgan fingerprint density at radius 2 is 2.08 bits per heavy atom. The van der Waals surface area contributed by atoms with Gasteiger partial charge in [-0.2, -0.15) is 5.10 Å². The van der Waals surface area contributed by atoms with E-state index in [1.807, 2.05) is 24.4 Å². The molecule has 26 heavy (non-hydrogen) atoms. The Morgan fingerprint density at radius 1 is 1.31 bits per heavy atom. The third-order valence-electron chi connectivity index (χ3n) is 4.42. The van der Waals surface area contributed by atoms with Gasteiger partial charge in [-0.3, -0.25) is 14.8 Å². The van der Waals surface area contributed by atoms with Crippen LogP contribution in [0.25, 0.3) is 0 Å². The molecule has 0 spiro atoms. The first-order chi connectivity index (χ1) is 12.6. The topological polar surface area (TPSA) is 75.3 Å². The quantitative estimate of drug-likeness (QED) is 0.714. The minimum Gasteiger partial charge on any atom is -0.462 e. The number of carbonyl (C=O) groups excluding carboxylic acids is 2. The number of esters is 1. The second-order valence-electron chi connectivity index (χ2n) is 5.97. The van der Waals surface area contributed by atoms with Crippen molar-refractivity contribution in [2.24, 2.45) is 0 Å². The summed E-state index contributed by atoms with van der Waals surface area (Å²) in [6.07, 6.45) is 0. The van der Waals surface area contributed by atoms with Gasteiger partial charge in [0.15, 0.2) is 5.69 Å². The van der Waals surface area contributed by atoms with E-state index in [4.69, 9.17) is 4.74 Å². The number of benzene rings is 1. The molecule has 132 valence electrons. The second-order valence-corrected chi connectivity index (χ2v) is 6.95. The van der Waals surface area contributed by atoms with Crippen LogP contribution in [0.2, 0.25) is 0 Å². The molecule has 0 saturated heterocycles. The number of hydrogen-bond donors (Lipinski definition) is 1. The van der Waals surface area contributed by atoms with E-state index >= 15 is 0 Å². The molecule has 0 fully saturated rings. The summed E-state index contributed by atoms with van der Waals surface area (Å²) in [6.45, 7) is 4.02. The minimum absolute atomic E-state index is 0.147. The Balaban J connectivity index is 1.75. The van der Waals surface area contributed by atoms with Crippen LogP contribution in [0.3, 0.4) is 0 Å². The third kappa shape index (κ3) is 2.52. The summed E-state index contributed by atoms with van der Waals surface area (Å²) in [5.41, 5.74) is 3.43. The van der Waals surface area contributed by atoms with E-state index in [9.17, 15) is 9.59 Å². The number of hydrogen-bond acceptors (Lipinski definition) is 5. The summed E-state index contributed by atoms with van der Waals surface area (Å²) in [7, 11) is 0. The van der Waals surface area contributed by atoms with Gasteiger partial charge in [0.2, 0.25) is 0 Å². The number of aromatic nitrogens is 2. The van der Waals surface area contributed by atoms with Crippen LogP contribution in [-0.4, -0.2) is 28.7 Å². The molecular weight excluding hydrogens is 350 g/mol. The van der Waals surface area contributed by atoms with E-state index in [-0.39, 0.29) is 17.9 Å². The molecule has 0 unspecified atom stereocenters. The molecule has 0 saturated carbocycles. The monoisotopic (exact) mass is 367 g/mol. The first-order valence-electron chi connectivity index (χ1n) is 8.30. The first-order valence-corrected chi connectivity index (χ1v) is 9.18.